The van der Waals surface area contributed by atoms with Gasteiger partial charge in [-0.25, -0.2) is 14.2 Å². The number of halogens is 3. The molecule has 0 aliphatic carbocycles. The maximum Gasteiger partial charge on any atom is 0.435 e. The highest BCUT2D eigenvalue weighted by Crippen LogP contribution is 2.50. The van der Waals surface area contributed by atoms with Gasteiger partial charge in [-0.3, -0.25) is 0 Å². The fraction of sp³-hybridized carbons (Fsp3) is 0.308. The fourth-order valence-electron chi connectivity index (χ4n) is 9.17. The Morgan fingerprint density at radius 3 is 2.49 bits per heavy atom. The zero-order chi connectivity index (χ0) is 33.9. The number of fused-ring (bicyclic) bond motifs is 11. The summed E-state index contributed by atoms with van der Waals surface area (Å²) < 4.78 is 51.0. The van der Waals surface area contributed by atoms with E-state index in [1.54, 1.807) is 4.68 Å². The van der Waals surface area contributed by atoms with Gasteiger partial charge < -0.3 is 4.57 Å². The highest BCUT2D eigenvalue weighted by Gasteiger charge is 2.61. The number of hydrogen-bond acceptors (Lipinski definition) is 3. The predicted octanol–water partition coefficient (Wildman–Crippen LogP) is 8.03. The van der Waals surface area contributed by atoms with E-state index in [2.05, 4.69) is 83.0 Å². The molecule has 49 heavy (non-hydrogen) atoms. The van der Waals surface area contributed by atoms with Crippen molar-refractivity contribution in [2.45, 2.75) is 69.8 Å². The molecule has 0 amide bonds. The van der Waals surface area contributed by atoms with Crippen LogP contribution in [0.15, 0.2) is 91.4 Å². The Balaban J connectivity index is 1.25. The van der Waals surface area contributed by atoms with Crippen LogP contribution in [0.2, 0.25) is 0 Å². The maximum absolute atomic E-state index is 14.2. The van der Waals surface area contributed by atoms with Crippen molar-refractivity contribution in [3.63, 3.8) is 0 Å². The zero-order valence-corrected chi connectivity index (χ0v) is 27.8. The molecule has 0 bridgehead atoms. The lowest BCUT2D eigenvalue weighted by Gasteiger charge is -2.47. The average Bonchev–Trinajstić information content (AvgIpc) is 3.79. The average molecular weight is 660 g/mol. The van der Waals surface area contributed by atoms with Crippen molar-refractivity contribution in [2.24, 2.45) is 7.05 Å². The van der Waals surface area contributed by atoms with Gasteiger partial charge in [0.15, 0.2) is 28.6 Å². The smallest absolute Gasteiger partial charge is 0.344 e. The number of rotatable bonds is 5. The topological polar surface area (TPSA) is 56.3 Å². The summed E-state index contributed by atoms with van der Waals surface area (Å²) in [4.78, 5) is 9.68. The van der Waals surface area contributed by atoms with E-state index in [9.17, 15) is 13.2 Å². The normalized spacial score (nSPS) is 21.2. The highest BCUT2D eigenvalue weighted by molar-refractivity contribution is 6.09. The van der Waals surface area contributed by atoms with E-state index in [-0.39, 0.29) is 6.04 Å². The van der Waals surface area contributed by atoms with Crippen LogP contribution >= 0.6 is 0 Å². The molecule has 0 N–H and O–H groups in total. The van der Waals surface area contributed by atoms with Crippen molar-refractivity contribution in [2.75, 3.05) is 0 Å². The molecule has 2 aliphatic rings. The molecule has 2 aromatic carbocycles. The van der Waals surface area contributed by atoms with Crippen molar-refractivity contribution < 1.29 is 22.3 Å². The molecule has 7 heterocycles. The second-order valence-corrected chi connectivity index (χ2v) is 13.7. The van der Waals surface area contributed by atoms with Crippen LogP contribution in [0.4, 0.5) is 13.2 Å². The van der Waals surface area contributed by atoms with Crippen molar-refractivity contribution in [1.29, 1.82) is 0 Å². The van der Waals surface area contributed by atoms with Crippen LogP contribution in [0.5, 0.6) is 0 Å². The Labute approximate surface area is 281 Å². The van der Waals surface area contributed by atoms with Gasteiger partial charge in [-0.2, -0.15) is 22.8 Å². The van der Waals surface area contributed by atoms with E-state index in [1.807, 2.05) is 48.9 Å². The van der Waals surface area contributed by atoms with Crippen LogP contribution in [-0.4, -0.2) is 24.3 Å². The van der Waals surface area contributed by atoms with Crippen LogP contribution in [0, 0.1) is 0 Å². The fourth-order valence-corrected chi connectivity index (χ4v) is 9.17. The van der Waals surface area contributed by atoms with Crippen LogP contribution < -0.4 is 9.13 Å². The van der Waals surface area contributed by atoms with Gasteiger partial charge in [-0.1, -0.05) is 32.0 Å². The van der Waals surface area contributed by atoms with Crippen molar-refractivity contribution in [1.82, 2.24) is 24.3 Å². The van der Waals surface area contributed by atoms with Crippen molar-refractivity contribution in [3.8, 4) is 22.6 Å². The number of aryl methyl sites for hydroxylation is 1. The van der Waals surface area contributed by atoms with Gasteiger partial charge in [0.05, 0.1) is 6.20 Å². The van der Waals surface area contributed by atoms with E-state index >= 15 is 0 Å². The standard InChI is InChI=1S/C39H36F3N7/c1-5-37(3)38(6-2,47-19-10-9-15-31(47)33-22-35(39(40,41)42)45-49(33)37)17-16-30-27-21-32-25(24-12-7-8-14-29(24)46(32)4)20-26(27)34-23-44-28-13-11-18-43-36(28)48(30)34/h7-15,18-23,30H,5-6,16-17H2,1-4H3/q+2. The van der Waals surface area contributed by atoms with Crippen LogP contribution in [0.3, 0.4) is 0 Å². The summed E-state index contributed by atoms with van der Waals surface area (Å²) >= 11 is 0. The molecule has 5 aromatic heterocycles. The molecular formula is C39H36F3N7+2. The highest BCUT2D eigenvalue weighted by atomic mass is 19.4. The molecule has 0 spiro atoms. The third kappa shape index (κ3) is 3.88. The molecule has 0 saturated heterocycles. The Morgan fingerprint density at radius 2 is 1.69 bits per heavy atom. The molecule has 9 rings (SSSR count). The molecule has 7 aromatic rings. The number of pyridine rings is 2. The van der Waals surface area contributed by atoms with Gasteiger partial charge in [-0.15, -0.1) is 0 Å². The third-order valence-corrected chi connectivity index (χ3v) is 11.8. The van der Waals surface area contributed by atoms with Gasteiger partial charge in [0.25, 0.3) is 0 Å². The molecule has 0 fully saturated rings. The summed E-state index contributed by atoms with van der Waals surface area (Å²) in [5.41, 5.74) is 6.39. The van der Waals surface area contributed by atoms with E-state index < -0.39 is 22.9 Å². The molecule has 3 atom stereocenters. The van der Waals surface area contributed by atoms with Gasteiger partial charge in [0, 0.05) is 71.0 Å². The summed E-state index contributed by atoms with van der Waals surface area (Å²) in [6, 6.07) is 23.9. The molecule has 0 saturated carbocycles. The number of hydrogen-bond donors (Lipinski definition) is 0. The van der Waals surface area contributed by atoms with Gasteiger partial charge in [0.2, 0.25) is 5.69 Å². The summed E-state index contributed by atoms with van der Waals surface area (Å²) in [7, 11) is 2.12. The maximum atomic E-state index is 14.2. The molecule has 0 radical (unpaired) electrons. The second-order valence-electron chi connectivity index (χ2n) is 13.7. The quantitative estimate of drug-likeness (QED) is 0.176. The first-order valence-electron chi connectivity index (χ1n) is 17.0. The molecule has 2 aliphatic heterocycles. The van der Waals surface area contributed by atoms with Crippen molar-refractivity contribution in [3.05, 3.63) is 103 Å². The minimum Gasteiger partial charge on any atom is -0.344 e. The number of nitrogens with zero attached hydrogens (tertiary/aromatic N) is 7. The molecule has 7 nitrogen and oxygen atoms in total. The molecule has 10 heteroatoms. The SMILES string of the molecule is CCC1(C)n2nc(C(F)(F)F)cc2-c2cccc[n+]2C1(CC)CCC1c2cc3c(cc2-c2cnc4cccnc4[n+]21)c1ccccc1n3C. The lowest BCUT2D eigenvalue weighted by molar-refractivity contribution is -0.776. The molecule has 3 unspecified atom stereocenters. The van der Waals surface area contributed by atoms with Gasteiger partial charge >= 0.3 is 11.8 Å². The number of para-hydroxylation sites is 1. The largest absolute Gasteiger partial charge is 0.435 e. The minimum atomic E-state index is -4.55. The summed E-state index contributed by atoms with van der Waals surface area (Å²) in [6.07, 6.45) is 3.99. The van der Waals surface area contributed by atoms with E-state index in [0.29, 0.717) is 25.0 Å². The summed E-state index contributed by atoms with van der Waals surface area (Å²) in [5.74, 6) is 0. The monoisotopic (exact) mass is 659 g/mol. The lowest BCUT2D eigenvalue weighted by atomic mass is 9.68. The third-order valence-electron chi connectivity index (χ3n) is 11.8. The Morgan fingerprint density at radius 1 is 0.878 bits per heavy atom. The van der Waals surface area contributed by atoms with Crippen LogP contribution in [0.1, 0.15) is 63.8 Å². The first-order chi connectivity index (χ1) is 23.6. The predicted molar refractivity (Wildman–Crippen MR) is 182 cm³/mol. The van der Waals surface area contributed by atoms with Gasteiger partial charge in [-0.05, 0) is 61.1 Å². The number of aromatic nitrogens is 7. The van der Waals surface area contributed by atoms with Crippen LogP contribution in [0.25, 0.3) is 55.6 Å². The van der Waals surface area contributed by atoms with Gasteiger partial charge in [0.1, 0.15) is 23.5 Å². The first-order valence-corrected chi connectivity index (χ1v) is 17.0. The Bertz CT molecular complexity index is 2480. The first kappa shape index (κ1) is 30.0. The minimum absolute atomic E-state index is 0.0742. The second kappa shape index (κ2) is 10.2. The summed E-state index contributed by atoms with van der Waals surface area (Å²) in [6.45, 7) is 6.30. The Hall–Kier alpha value is -5.12. The van der Waals surface area contributed by atoms with E-state index in [0.717, 1.165) is 40.1 Å². The summed E-state index contributed by atoms with van der Waals surface area (Å²) in [5, 5.41) is 6.69. The molecular weight excluding hydrogens is 623 g/mol. The zero-order valence-electron chi connectivity index (χ0n) is 27.8. The van der Waals surface area contributed by atoms with E-state index in [1.165, 1.54) is 27.9 Å². The van der Waals surface area contributed by atoms with Crippen molar-refractivity contribution >= 4 is 33.0 Å². The molecule has 246 valence electrons. The number of alkyl halides is 3. The Kier molecular flexibility index (Phi) is 6.24. The van der Waals surface area contributed by atoms with E-state index in [4.69, 9.17) is 9.97 Å². The lowest BCUT2D eigenvalue weighted by Crippen LogP contribution is -2.71. The number of benzene rings is 2. The van der Waals surface area contributed by atoms with Crippen LogP contribution in [-0.2, 0) is 24.3 Å².